The van der Waals surface area contributed by atoms with Crippen molar-refractivity contribution in [2.45, 2.75) is 0 Å². The van der Waals surface area contributed by atoms with Gasteiger partial charge in [0.1, 0.15) is 11.3 Å². The highest BCUT2D eigenvalue weighted by Crippen LogP contribution is 2.38. The van der Waals surface area contributed by atoms with Gasteiger partial charge in [0, 0.05) is 13.1 Å². The molecule has 0 aromatic heterocycles. The average Bonchev–Trinajstić information content (AvgIpc) is 2.42. The number of benzene rings is 1. The zero-order valence-electron chi connectivity index (χ0n) is 11.0. The topological polar surface area (TPSA) is 117 Å². The summed E-state index contributed by atoms with van der Waals surface area (Å²) in [6.07, 6.45) is 0. The number of nitro benzene ring substituents is 1. The summed E-state index contributed by atoms with van der Waals surface area (Å²) in [4.78, 5) is 22.0. The van der Waals surface area contributed by atoms with Crippen molar-refractivity contribution in [2.24, 2.45) is 5.73 Å². The molecule has 0 fully saturated rings. The number of rotatable bonds is 6. The molecular formula is C11H16ClN3O5. The number of carbonyl (C=O) groups is 1. The van der Waals surface area contributed by atoms with E-state index in [0.717, 1.165) is 0 Å². The third kappa shape index (κ3) is 3.72. The monoisotopic (exact) mass is 305 g/mol. The fourth-order valence-electron chi connectivity index (χ4n) is 1.58. The lowest BCUT2D eigenvalue weighted by molar-refractivity contribution is -0.384. The molecule has 1 rings (SSSR count). The van der Waals surface area contributed by atoms with Gasteiger partial charge in [0.2, 0.25) is 5.75 Å². The van der Waals surface area contributed by atoms with Crippen LogP contribution in [0.5, 0.6) is 5.75 Å². The van der Waals surface area contributed by atoms with Crippen LogP contribution in [0.3, 0.4) is 0 Å². The fraction of sp³-hybridized carbons (Fsp3) is 0.364. The predicted molar refractivity (Wildman–Crippen MR) is 75.8 cm³/mol. The number of ether oxygens (including phenoxy) is 2. The van der Waals surface area contributed by atoms with Crippen molar-refractivity contribution in [3.63, 3.8) is 0 Å². The molecule has 0 radical (unpaired) electrons. The molecule has 0 aliphatic rings. The van der Waals surface area contributed by atoms with E-state index in [1.807, 2.05) is 0 Å². The highest BCUT2D eigenvalue weighted by molar-refractivity contribution is 5.95. The predicted octanol–water partition coefficient (Wildman–Crippen LogP) is 1.18. The van der Waals surface area contributed by atoms with Crippen LogP contribution in [0, 0.1) is 10.1 Å². The summed E-state index contributed by atoms with van der Waals surface area (Å²) in [6, 6.07) is 2.82. The Balaban J connectivity index is 0.00000361. The number of methoxy groups -OCH3 is 2. The average molecular weight is 306 g/mol. The number of nitro groups is 1. The van der Waals surface area contributed by atoms with Gasteiger partial charge in [-0.15, -0.1) is 12.4 Å². The van der Waals surface area contributed by atoms with E-state index >= 15 is 0 Å². The van der Waals surface area contributed by atoms with Gasteiger partial charge in [0.05, 0.1) is 19.1 Å². The van der Waals surface area contributed by atoms with Crippen LogP contribution in [0.2, 0.25) is 0 Å². The Kier molecular flexibility index (Phi) is 7.34. The summed E-state index contributed by atoms with van der Waals surface area (Å²) in [7, 11) is 2.44. The van der Waals surface area contributed by atoms with Crippen LogP contribution in [0.1, 0.15) is 10.4 Å². The number of hydrogen-bond acceptors (Lipinski definition) is 7. The molecule has 0 aliphatic heterocycles. The number of hydrogen-bond donors (Lipinski definition) is 2. The van der Waals surface area contributed by atoms with Gasteiger partial charge >= 0.3 is 11.7 Å². The van der Waals surface area contributed by atoms with Crippen molar-refractivity contribution in [3.05, 3.63) is 27.8 Å². The molecule has 0 bridgehead atoms. The van der Waals surface area contributed by atoms with Crippen molar-refractivity contribution < 1.29 is 19.2 Å². The summed E-state index contributed by atoms with van der Waals surface area (Å²) in [6.45, 7) is 0.680. The zero-order valence-corrected chi connectivity index (χ0v) is 11.9. The first-order valence-electron chi connectivity index (χ1n) is 5.44. The molecule has 0 saturated heterocycles. The molecule has 1 aromatic carbocycles. The van der Waals surface area contributed by atoms with Crippen LogP contribution >= 0.6 is 12.4 Å². The number of halogens is 1. The summed E-state index contributed by atoms with van der Waals surface area (Å²) in [5, 5.41) is 13.9. The minimum Gasteiger partial charge on any atom is -0.489 e. The maximum Gasteiger partial charge on any atom is 0.341 e. The van der Waals surface area contributed by atoms with E-state index in [1.54, 1.807) is 0 Å². The van der Waals surface area contributed by atoms with Crippen molar-refractivity contribution in [3.8, 4) is 5.75 Å². The van der Waals surface area contributed by atoms with Crippen LogP contribution < -0.4 is 15.8 Å². The summed E-state index contributed by atoms with van der Waals surface area (Å²) in [5.74, 6) is -0.843. The summed E-state index contributed by atoms with van der Waals surface area (Å²) in [5.41, 5.74) is 5.25. The van der Waals surface area contributed by atoms with Gasteiger partial charge < -0.3 is 20.5 Å². The maximum atomic E-state index is 11.5. The van der Waals surface area contributed by atoms with Crippen LogP contribution in [0.25, 0.3) is 0 Å². The Labute approximate surface area is 121 Å². The van der Waals surface area contributed by atoms with E-state index in [-0.39, 0.29) is 35.1 Å². The van der Waals surface area contributed by atoms with Crippen molar-refractivity contribution in [1.82, 2.24) is 0 Å². The number of carbonyl (C=O) groups excluding carboxylic acids is 1. The Bertz CT molecular complexity index is 495. The Hall–Kier alpha value is -2.06. The van der Waals surface area contributed by atoms with Crippen molar-refractivity contribution in [1.29, 1.82) is 0 Å². The van der Waals surface area contributed by atoms with Crippen LogP contribution in [0.4, 0.5) is 11.4 Å². The molecule has 9 heteroatoms. The van der Waals surface area contributed by atoms with Gasteiger partial charge in [-0.05, 0) is 12.1 Å². The molecule has 0 unspecified atom stereocenters. The molecule has 0 spiro atoms. The smallest absolute Gasteiger partial charge is 0.341 e. The molecule has 0 saturated carbocycles. The second-order valence-corrected chi connectivity index (χ2v) is 3.51. The lowest BCUT2D eigenvalue weighted by Gasteiger charge is -2.11. The number of anilines is 1. The van der Waals surface area contributed by atoms with Crippen molar-refractivity contribution >= 4 is 29.8 Å². The minimum absolute atomic E-state index is 0. The molecule has 0 aliphatic carbocycles. The SMILES string of the molecule is COC(=O)c1ccc(NCCN)c([N+](=O)[O-])c1OC.Cl. The number of nitrogens with one attached hydrogen (secondary N) is 1. The highest BCUT2D eigenvalue weighted by atomic mass is 35.5. The minimum atomic E-state index is -0.703. The molecule has 0 heterocycles. The highest BCUT2D eigenvalue weighted by Gasteiger charge is 2.27. The third-order valence-electron chi connectivity index (χ3n) is 2.38. The first kappa shape index (κ1) is 17.9. The molecule has 112 valence electrons. The van der Waals surface area contributed by atoms with E-state index in [1.165, 1.54) is 26.4 Å². The lowest BCUT2D eigenvalue weighted by Crippen LogP contribution is -2.15. The number of esters is 1. The van der Waals surface area contributed by atoms with Gasteiger partial charge in [-0.25, -0.2) is 4.79 Å². The summed E-state index contributed by atoms with van der Waals surface area (Å²) >= 11 is 0. The Morgan fingerprint density at radius 2 is 2.10 bits per heavy atom. The Morgan fingerprint density at radius 3 is 2.55 bits per heavy atom. The molecule has 0 amide bonds. The van der Waals surface area contributed by atoms with E-state index in [0.29, 0.717) is 13.1 Å². The lowest BCUT2D eigenvalue weighted by atomic mass is 10.1. The first-order chi connectivity index (χ1) is 9.06. The molecular weight excluding hydrogens is 290 g/mol. The maximum absolute atomic E-state index is 11.5. The molecule has 8 nitrogen and oxygen atoms in total. The molecule has 0 atom stereocenters. The molecule has 20 heavy (non-hydrogen) atoms. The number of nitrogens with zero attached hydrogens (tertiary/aromatic N) is 1. The second-order valence-electron chi connectivity index (χ2n) is 3.51. The summed E-state index contributed by atoms with van der Waals surface area (Å²) < 4.78 is 9.52. The van der Waals surface area contributed by atoms with Crippen molar-refractivity contribution in [2.75, 3.05) is 32.6 Å². The Morgan fingerprint density at radius 1 is 1.45 bits per heavy atom. The van der Waals surface area contributed by atoms with Crippen LogP contribution in [-0.4, -0.2) is 38.2 Å². The van der Waals surface area contributed by atoms with E-state index in [4.69, 9.17) is 10.5 Å². The van der Waals surface area contributed by atoms with Gasteiger partial charge in [0.25, 0.3) is 0 Å². The van der Waals surface area contributed by atoms with E-state index < -0.39 is 10.9 Å². The fourth-order valence-corrected chi connectivity index (χ4v) is 1.58. The van der Waals surface area contributed by atoms with Crippen LogP contribution in [0.15, 0.2) is 12.1 Å². The van der Waals surface area contributed by atoms with Crippen LogP contribution in [-0.2, 0) is 4.74 Å². The van der Waals surface area contributed by atoms with Gasteiger partial charge in [0.15, 0.2) is 0 Å². The second kappa shape index (κ2) is 8.18. The largest absolute Gasteiger partial charge is 0.489 e. The van der Waals surface area contributed by atoms with Gasteiger partial charge in [-0.2, -0.15) is 0 Å². The third-order valence-corrected chi connectivity index (χ3v) is 2.38. The molecule has 3 N–H and O–H groups in total. The van der Waals surface area contributed by atoms with Gasteiger partial charge in [-0.3, -0.25) is 10.1 Å². The van der Waals surface area contributed by atoms with Gasteiger partial charge in [-0.1, -0.05) is 0 Å². The standard InChI is InChI=1S/C11H15N3O5.ClH/c1-18-10-7(11(15)19-2)3-4-8(13-6-5-12)9(10)14(16)17;/h3-4,13H,5-6,12H2,1-2H3;1H. The quantitative estimate of drug-likeness (QED) is 0.460. The number of nitrogens with two attached hydrogens (primary N) is 1. The van der Waals surface area contributed by atoms with E-state index in [2.05, 4.69) is 10.1 Å². The van der Waals surface area contributed by atoms with E-state index in [9.17, 15) is 14.9 Å². The first-order valence-corrected chi connectivity index (χ1v) is 5.44. The zero-order chi connectivity index (χ0) is 14.4. The normalized spacial score (nSPS) is 9.35. The molecule has 1 aromatic rings.